The van der Waals surface area contributed by atoms with Crippen LogP contribution in [0.4, 0.5) is 20.9 Å². The lowest BCUT2D eigenvalue weighted by atomic mass is 10.1. The van der Waals surface area contributed by atoms with Gasteiger partial charge in [0.2, 0.25) is 5.82 Å². The Labute approximate surface area is 258 Å². The molecule has 15 heteroatoms. The molecule has 0 spiro atoms. The molecule has 234 valence electrons. The Balaban J connectivity index is 1.41. The molecule has 2 saturated heterocycles. The lowest BCUT2D eigenvalue weighted by Crippen LogP contribution is -2.51. The van der Waals surface area contributed by atoms with Crippen LogP contribution >= 0.6 is 11.6 Å². The second-order valence-corrected chi connectivity index (χ2v) is 14.5. The fourth-order valence-corrected chi connectivity index (χ4v) is 7.46. The van der Waals surface area contributed by atoms with Gasteiger partial charge in [-0.05, 0) is 63.4 Å². The van der Waals surface area contributed by atoms with Crippen LogP contribution in [-0.2, 0) is 30.7 Å². The summed E-state index contributed by atoms with van der Waals surface area (Å²) in [5.41, 5.74) is -0.528. The molecule has 0 aliphatic carbocycles. The number of nitrogens with one attached hydrogen (secondary N) is 1. The van der Waals surface area contributed by atoms with Gasteiger partial charge in [0.25, 0.3) is 5.91 Å². The first-order chi connectivity index (χ1) is 20.8. The van der Waals surface area contributed by atoms with E-state index in [-0.39, 0.29) is 41.7 Å². The summed E-state index contributed by atoms with van der Waals surface area (Å²) < 4.78 is 59.4. The van der Waals surface area contributed by atoms with Gasteiger partial charge in [-0.1, -0.05) is 28.9 Å². The molecule has 2 fully saturated rings. The Kier molecular flexibility index (Phi) is 7.79. The van der Waals surface area contributed by atoms with Crippen LogP contribution in [0.1, 0.15) is 39.2 Å². The van der Waals surface area contributed by atoms with Crippen molar-refractivity contribution in [2.45, 2.75) is 68.8 Å². The highest BCUT2D eigenvalue weighted by Gasteiger charge is 2.42. The number of aromatic nitrogens is 2. The molecule has 3 aliphatic heterocycles. The van der Waals surface area contributed by atoms with Gasteiger partial charge in [-0.2, -0.15) is 4.98 Å². The number of carbonyl (C=O) groups excluding carboxylic acids is 2. The number of carbonyl (C=O) groups is 2. The summed E-state index contributed by atoms with van der Waals surface area (Å²) in [6.45, 7) is 5.83. The summed E-state index contributed by atoms with van der Waals surface area (Å²) in [5.74, 6) is -2.55. The predicted octanol–water partition coefficient (Wildman–Crippen LogP) is 4.11. The molecule has 1 aromatic heterocycles. The molecule has 4 heterocycles. The lowest BCUT2D eigenvalue weighted by Gasteiger charge is -2.32. The fraction of sp³-hybridized carbons (Fsp3) is 0.448. The zero-order chi connectivity index (χ0) is 31.4. The van der Waals surface area contributed by atoms with E-state index in [0.29, 0.717) is 23.8 Å². The third-order valence-corrected chi connectivity index (χ3v) is 9.71. The summed E-state index contributed by atoms with van der Waals surface area (Å²) in [7, 11) is -4.30. The van der Waals surface area contributed by atoms with Gasteiger partial charge in [0.15, 0.2) is 9.84 Å². The molecule has 12 nitrogen and oxygen atoms in total. The number of sulfone groups is 1. The van der Waals surface area contributed by atoms with Crippen molar-refractivity contribution in [1.29, 1.82) is 0 Å². The molecule has 0 unspecified atom stereocenters. The van der Waals surface area contributed by atoms with Crippen molar-refractivity contribution in [3.8, 4) is 11.4 Å². The second kappa shape index (κ2) is 11.3. The number of rotatable bonds is 5. The van der Waals surface area contributed by atoms with E-state index in [2.05, 4.69) is 15.5 Å². The first-order valence-corrected chi connectivity index (χ1v) is 16.1. The van der Waals surface area contributed by atoms with Gasteiger partial charge < -0.3 is 29.1 Å². The first-order valence-electron chi connectivity index (χ1n) is 14.1. The maximum Gasteiger partial charge on any atom is 0.408 e. The highest BCUT2D eigenvalue weighted by molar-refractivity contribution is 7.91. The average molecular weight is 648 g/mol. The molecule has 3 aliphatic rings. The van der Waals surface area contributed by atoms with Crippen LogP contribution in [0.15, 0.2) is 45.8 Å². The van der Waals surface area contributed by atoms with Crippen LogP contribution in [0.25, 0.3) is 11.4 Å². The third-order valence-electron chi connectivity index (χ3n) is 7.69. The zero-order valence-electron chi connectivity index (χ0n) is 24.2. The lowest BCUT2D eigenvalue weighted by molar-refractivity contribution is -0.120. The van der Waals surface area contributed by atoms with E-state index in [1.165, 1.54) is 11.0 Å². The summed E-state index contributed by atoms with van der Waals surface area (Å²) in [5, 5.41) is 6.86. The van der Waals surface area contributed by atoms with Crippen molar-refractivity contribution in [3.63, 3.8) is 0 Å². The van der Waals surface area contributed by atoms with E-state index in [4.69, 9.17) is 25.6 Å². The number of fused-ring (bicyclic) bond motifs is 3. The van der Waals surface area contributed by atoms with E-state index in [1.807, 2.05) is 4.90 Å². The van der Waals surface area contributed by atoms with E-state index in [1.54, 1.807) is 45.0 Å². The van der Waals surface area contributed by atoms with Crippen molar-refractivity contribution in [2.24, 2.45) is 0 Å². The number of benzene rings is 2. The number of nitrogens with zero attached hydrogens (tertiary/aromatic N) is 4. The molecule has 1 N–H and O–H groups in total. The fourth-order valence-electron chi connectivity index (χ4n) is 5.72. The number of hydrogen-bond donors (Lipinski definition) is 1. The van der Waals surface area contributed by atoms with Crippen LogP contribution in [0.5, 0.6) is 0 Å². The normalized spacial score (nSPS) is 22.8. The van der Waals surface area contributed by atoms with Gasteiger partial charge in [-0.15, -0.1) is 0 Å². The molecule has 3 atom stereocenters. The summed E-state index contributed by atoms with van der Waals surface area (Å²) in [6.07, 6.45) is 0.827. The third kappa shape index (κ3) is 5.97. The van der Waals surface area contributed by atoms with Crippen molar-refractivity contribution in [2.75, 3.05) is 28.8 Å². The van der Waals surface area contributed by atoms with Gasteiger partial charge in [-0.3, -0.25) is 4.79 Å². The van der Waals surface area contributed by atoms with Crippen molar-refractivity contribution < 1.29 is 36.4 Å². The number of halogens is 2. The Morgan fingerprint density at radius 2 is 1.84 bits per heavy atom. The Bertz CT molecular complexity index is 1690. The van der Waals surface area contributed by atoms with Gasteiger partial charge in [0.1, 0.15) is 17.5 Å². The van der Waals surface area contributed by atoms with Crippen molar-refractivity contribution in [1.82, 2.24) is 15.5 Å². The maximum atomic E-state index is 15.7. The van der Waals surface area contributed by atoms with Crippen LogP contribution in [0, 0.1) is 5.82 Å². The number of morpholine rings is 1. The molecular formula is C29H31ClFN5O7S. The van der Waals surface area contributed by atoms with E-state index in [0.717, 1.165) is 18.9 Å². The number of hydrogen-bond acceptors (Lipinski definition) is 10. The average Bonchev–Trinajstić information content (AvgIpc) is 3.50. The Hall–Kier alpha value is -3.75. The first kappa shape index (κ1) is 30.3. The number of alkyl carbamates (subject to hydrolysis) is 1. The maximum absolute atomic E-state index is 15.7. The zero-order valence-corrected chi connectivity index (χ0v) is 25.8. The van der Waals surface area contributed by atoms with Crippen LogP contribution in [-0.4, -0.2) is 73.3 Å². The van der Waals surface area contributed by atoms with E-state index in [9.17, 15) is 18.0 Å². The standard InChI is InChI=1S/C29H31ClFN5O7S/c1-29(2,3)42-28(38)32-22-15-44(39,40)24-11-21(31)20(10-23(24)35(26(22)37)12-16-4-6-17(30)7-5-16)25-33-27(43-34-25)36-18-8-9-19(36)14-41-13-18/h4-7,10-11,18-19,22H,8-9,12-15H2,1-3H3,(H,32,38)/t18-,19+,22-/m0/s1. The summed E-state index contributed by atoms with van der Waals surface area (Å²) in [4.78, 5) is 33.8. The van der Waals surface area contributed by atoms with E-state index < -0.39 is 49.9 Å². The van der Waals surface area contributed by atoms with E-state index >= 15 is 4.39 Å². The second-order valence-electron chi connectivity index (χ2n) is 12.1. The van der Waals surface area contributed by atoms with Crippen molar-refractivity contribution in [3.05, 3.63) is 52.8 Å². The van der Waals surface area contributed by atoms with Gasteiger partial charge in [0.05, 0.1) is 53.7 Å². The quantitative estimate of drug-likeness (QED) is 0.430. The highest BCUT2D eigenvalue weighted by atomic mass is 35.5. The molecule has 2 bridgehead atoms. The summed E-state index contributed by atoms with van der Waals surface area (Å²) in [6, 6.07) is 7.52. The summed E-state index contributed by atoms with van der Waals surface area (Å²) >= 11 is 6.05. The Morgan fingerprint density at radius 1 is 1.16 bits per heavy atom. The van der Waals surface area contributed by atoms with Gasteiger partial charge in [-0.25, -0.2) is 17.6 Å². The van der Waals surface area contributed by atoms with Crippen LogP contribution in [0.3, 0.4) is 0 Å². The SMILES string of the molecule is CC(C)(C)OC(=O)N[C@H]1CS(=O)(=O)c2cc(F)c(-c3noc(N4[C@@H]5CC[C@H]4COC5)n3)cc2N(Cc2ccc(Cl)cc2)C1=O. The molecule has 3 aromatic rings. The number of anilines is 2. The minimum atomic E-state index is -4.30. The molecule has 0 radical (unpaired) electrons. The largest absolute Gasteiger partial charge is 0.444 e. The highest BCUT2D eigenvalue weighted by Crippen LogP contribution is 2.39. The van der Waals surface area contributed by atoms with Crippen molar-refractivity contribution >= 4 is 45.1 Å². The molecule has 6 rings (SSSR count). The molecule has 2 aromatic carbocycles. The molecular weight excluding hydrogens is 617 g/mol. The molecule has 44 heavy (non-hydrogen) atoms. The number of amides is 2. The minimum Gasteiger partial charge on any atom is -0.444 e. The van der Waals surface area contributed by atoms with Gasteiger partial charge in [0, 0.05) is 5.02 Å². The minimum absolute atomic E-state index is 0.0611. The smallest absolute Gasteiger partial charge is 0.408 e. The predicted molar refractivity (Wildman–Crippen MR) is 158 cm³/mol. The molecule has 2 amide bonds. The molecule has 0 saturated carbocycles. The topological polar surface area (TPSA) is 144 Å². The monoisotopic (exact) mass is 647 g/mol. The Morgan fingerprint density at radius 3 is 2.50 bits per heavy atom. The van der Waals surface area contributed by atoms with Crippen LogP contribution < -0.4 is 15.1 Å². The number of ether oxygens (including phenoxy) is 2. The van der Waals surface area contributed by atoms with Gasteiger partial charge >= 0.3 is 12.1 Å². The van der Waals surface area contributed by atoms with Crippen LogP contribution in [0.2, 0.25) is 5.02 Å².